The molecule has 0 atom stereocenters. The number of rotatable bonds is 0. The van der Waals surface area contributed by atoms with E-state index in [0.717, 1.165) is 32.7 Å². The predicted octanol–water partition coefficient (Wildman–Crippen LogP) is 3.92. The van der Waals surface area contributed by atoms with Gasteiger partial charge in [-0.05, 0) is 48.0 Å². The summed E-state index contributed by atoms with van der Waals surface area (Å²) in [4.78, 5) is 9.01. The van der Waals surface area contributed by atoms with Crippen LogP contribution in [-0.2, 0) is 0 Å². The van der Waals surface area contributed by atoms with Crippen LogP contribution in [0.3, 0.4) is 0 Å². The first-order chi connectivity index (χ1) is 8.08. The molecule has 3 aromatic rings. The molecule has 3 nitrogen and oxygen atoms in total. The highest BCUT2D eigenvalue weighted by Gasteiger charge is 2.12. The monoisotopic (exact) mass is 309 g/mol. The summed E-state index contributed by atoms with van der Waals surface area (Å²) in [5.41, 5.74) is 4.84. The molecule has 2 aromatic heterocycles. The number of aromatic nitrogens is 3. The van der Waals surface area contributed by atoms with Crippen LogP contribution in [0.2, 0.25) is 5.02 Å². The fraction of sp³-hybridized carbons (Fsp3) is 0.167. The number of halogens is 2. The van der Waals surface area contributed by atoms with E-state index in [1.165, 1.54) is 0 Å². The van der Waals surface area contributed by atoms with Gasteiger partial charge in [-0.15, -0.1) is 0 Å². The van der Waals surface area contributed by atoms with Crippen LogP contribution in [0.1, 0.15) is 11.4 Å². The maximum atomic E-state index is 6.04. The molecule has 5 heteroatoms. The third-order valence-corrected chi connectivity index (χ3v) is 3.59. The normalized spacial score (nSPS) is 11.5. The summed E-state index contributed by atoms with van der Waals surface area (Å²) in [5.74, 6) is 0. The van der Waals surface area contributed by atoms with Crippen molar-refractivity contribution >= 4 is 44.1 Å². The summed E-state index contributed by atoms with van der Waals surface area (Å²) < 4.78 is 2.82. The molecule has 0 aliphatic heterocycles. The molecular formula is C12H9BrClN3. The fourth-order valence-corrected chi connectivity index (χ4v) is 2.94. The third-order valence-electron chi connectivity index (χ3n) is 2.82. The number of nitrogens with zero attached hydrogens (tertiary/aromatic N) is 3. The van der Waals surface area contributed by atoms with Crippen molar-refractivity contribution in [3.05, 3.63) is 39.3 Å². The highest BCUT2D eigenvalue weighted by atomic mass is 79.9. The summed E-state index contributed by atoms with van der Waals surface area (Å²) in [7, 11) is 0. The second kappa shape index (κ2) is 3.68. The molecule has 0 unspecified atom stereocenters. The van der Waals surface area contributed by atoms with Crippen LogP contribution in [0, 0.1) is 13.8 Å². The summed E-state index contributed by atoms with van der Waals surface area (Å²) in [5, 5.41) is 0.697. The molecule has 0 saturated heterocycles. The summed E-state index contributed by atoms with van der Waals surface area (Å²) in [6.45, 7) is 3.97. The molecule has 0 fully saturated rings. The van der Waals surface area contributed by atoms with Crippen LogP contribution in [-0.4, -0.2) is 14.4 Å². The Kier molecular flexibility index (Phi) is 2.38. The number of fused-ring (bicyclic) bond motifs is 3. The quantitative estimate of drug-likeness (QED) is 0.630. The Morgan fingerprint density at radius 3 is 2.65 bits per heavy atom. The lowest BCUT2D eigenvalue weighted by atomic mass is 10.2. The molecule has 2 heterocycles. The van der Waals surface area contributed by atoms with Gasteiger partial charge in [0.05, 0.1) is 27.9 Å². The molecule has 0 aliphatic rings. The molecule has 0 saturated carbocycles. The van der Waals surface area contributed by atoms with Crippen LogP contribution in [0.5, 0.6) is 0 Å². The lowest BCUT2D eigenvalue weighted by Gasteiger charge is -2.06. The van der Waals surface area contributed by atoms with Gasteiger partial charge in [0, 0.05) is 5.02 Å². The van der Waals surface area contributed by atoms with Crippen molar-refractivity contribution in [1.29, 1.82) is 0 Å². The lowest BCUT2D eigenvalue weighted by Crippen LogP contribution is -1.95. The number of benzene rings is 1. The minimum atomic E-state index is 0.697. The standard InChI is InChI=1S/C12H9BrClN3/c1-6-11-7(2)16-12(13)17(11)10-5-8(14)3-4-9(10)15-6/h3-5H,1-2H3. The van der Waals surface area contributed by atoms with E-state index in [9.17, 15) is 0 Å². The summed E-state index contributed by atoms with van der Waals surface area (Å²) in [6.07, 6.45) is 0. The van der Waals surface area contributed by atoms with Gasteiger partial charge in [-0.3, -0.25) is 4.40 Å². The maximum absolute atomic E-state index is 6.04. The van der Waals surface area contributed by atoms with Crippen molar-refractivity contribution in [2.45, 2.75) is 13.8 Å². The Bertz CT molecular complexity index is 748. The molecule has 17 heavy (non-hydrogen) atoms. The first-order valence-electron chi connectivity index (χ1n) is 5.18. The van der Waals surface area contributed by atoms with Crippen molar-refractivity contribution < 1.29 is 0 Å². The first kappa shape index (κ1) is 11.0. The van der Waals surface area contributed by atoms with Crippen LogP contribution in [0.25, 0.3) is 16.6 Å². The highest BCUT2D eigenvalue weighted by molar-refractivity contribution is 9.10. The Morgan fingerprint density at radius 2 is 1.88 bits per heavy atom. The zero-order chi connectivity index (χ0) is 12.2. The van der Waals surface area contributed by atoms with Gasteiger partial charge in [0.15, 0.2) is 4.73 Å². The van der Waals surface area contributed by atoms with Crippen molar-refractivity contribution in [1.82, 2.24) is 14.4 Å². The minimum Gasteiger partial charge on any atom is -0.283 e. The van der Waals surface area contributed by atoms with Crippen molar-refractivity contribution in [3.63, 3.8) is 0 Å². The topological polar surface area (TPSA) is 30.2 Å². The first-order valence-corrected chi connectivity index (χ1v) is 6.35. The molecule has 1 aromatic carbocycles. The van der Waals surface area contributed by atoms with Gasteiger partial charge in [0.2, 0.25) is 0 Å². The maximum Gasteiger partial charge on any atom is 0.182 e. The average Bonchev–Trinajstić information content (AvgIpc) is 2.56. The second-order valence-electron chi connectivity index (χ2n) is 3.98. The summed E-state index contributed by atoms with van der Waals surface area (Å²) in [6, 6.07) is 5.67. The molecule has 0 bridgehead atoms. The molecule has 0 N–H and O–H groups in total. The van der Waals surface area contributed by atoms with Gasteiger partial charge in [0.1, 0.15) is 0 Å². The van der Waals surface area contributed by atoms with Gasteiger partial charge in [-0.2, -0.15) is 0 Å². The van der Waals surface area contributed by atoms with Gasteiger partial charge >= 0.3 is 0 Å². The largest absolute Gasteiger partial charge is 0.283 e. The smallest absolute Gasteiger partial charge is 0.182 e. The molecule has 86 valence electrons. The van der Waals surface area contributed by atoms with Gasteiger partial charge in [-0.25, -0.2) is 9.97 Å². The van der Waals surface area contributed by atoms with Crippen molar-refractivity contribution in [3.8, 4) is 0 Å². The van der Waals surface area contributed by atoms with Gasteiger partial charge < -0.3 is 0 Å². The third kappa shape index (κ3) is 1.55. The average molecular weight is 311 g/mol. The van der Waals surface area contributed by atoms with Crippen molar-refractivity contribution in [2.75, 3.05) is 0 Å². The van der Waals surface area contributed by atoms with E-state index in [0.29, 0.717) is 5.02 Å². The van der Waals surface area contributed by atoms with Crippen LogP contribution in [0.15, 0.2) is 22.9 Å². The molecule has 0 radical (unpaired) electrons. The zero-order valence-corrected chi connectivity index (χ0v) is 11.7. The fourth-order valence-electron chi connectivity index (χ4n) is 2.14. The van der Waals surface area contributed by atoms with Crippen molar-refractivity contribution in [2.24, 2.45) is 0 Å². The Hall–Kier alpha value is -1.13. The molecule has 0 aliphatic carbocycles. The van der Waals surface area contributed by atoms with Gasteiger partial charge in [0.25, 0.3) is 0 Å². The second-order valence-corrected chi connectivity index (χ2v) is 5.13. The van der Waals surface area contributed by atoms with E-state index < -0.39 is 0 Å². The van der Waals surface area contributed by atoms with Crippen LogP contribution >= 0.6 is 27.5 Å². The van der Waals surface area contributed by atoms with E-state index in [1.807, 2.05) is 36.4 Å². The molecule has 0 spiro atoms. The molecular weight excluding hydrogens is 302 g/mol. The number of aryl methyl sites for hydroxylation is 2. The highest BCUT2D eigenvalue weighted by Crippen LogP contribution is 2.26. The predicted molar refractivity (Wildman–Crippen MR) is 72.7 cm³/mol. The number of imidazole rings is 1. The lowest BCUT2D eigenvalue weighted by molar-refractivity contribution is 1.11. The van der Waals surface area contributed by atoms with E-state index in [1.54, 1.807) is 0 Å². The minimum absolute atomic E-state index is 0.697. The SMILES string of the molecule is Cc1nc(Br)n2c1c(C)nc1ccc(Cl)cc12. The molecule has 0 amide bonds. The van der Waals surface area contributed by atoms with Gasteiger partial charge in [-0.1, -0.05) is 11.6 Å². The summed E-state index contributed by atoms with van der Waals surface area (Å²) >= 11 is 9.52. The van der Waals surface area contributed by atoms with Crippen LogP contribution in [0.4, 0.5) is 0 Å². The number of hydrogen-bond donors (Lipinski definition) is 0. The number of hydrogen-bond acceptors (Lipinski definition) is 2. The Labute approximate surface area is 112 Å². The van der Waals surface area contributed by atoms with E-state index >= 15 is 0 Å². The molecule has 3 rings (SSSR count). The van der Waals surface area contributed by atoms with E-state index in [2.05, 4.69) is 25.9 Å². The Balaban J connectivity index is 2.65. The van der Waals surface area contributed by atoms with E-state index in [4.69, 9.17) is 11.6 Å². The Morgan fingerprint density at radius 1 is 1.18 bits per heavy atom. The van der Waals surface area contributed by atoms with E-state index in [-0.39, 0.29) is 0 Å². The van der Waals surface area contributed by atoms with Crippen LogP contribution < -0.4 is 0 Å². The zero-order valence-electron chi connectivity index (χ0n) is 9.33.